The van der Waals surface area contributed by atoms with Gasteiger partial charge in [0.1, 0.15) is 19.0 Å². The van der Waals surface area contributed by atoms with Crippen molar-refractivity contribution in [2.24, 2.45) is 0 Å². The average Bonchev–Trinajstić information content (AvgIpc) is 3.27. The maximum atomic E-state index is 12.9. The zero-order valence-electron chi connectivity index (χ0n) is 41.4. The molecule has 0 aliphatic carbocycles. The first-order chi connectivity index (χ1) is 30.5. The fourth-order valence-electron chi connectivity index (χ4n) is 8.22. The molecule has 0 radical (unpaired) electrons. The van der Waals surface area contributed by atoms with Gasteiger partial charge in [0.2, 0.25) is 5.91 Å². The minimum atomic E-state index is -0.602. The number of carbonyl (C=O) groups is 4. The van der Waals surface area contributed by atoms with Crippen LogP contribution in [0.3, 0.4) is 0 Å². The van der Waals surface area contributed by atoms with Crippen LogP contribution in [0.1, 0.15) is 290 Å². The van der Waals surface area contributed by atoms with Gasteiger partial charge in [0.15, 0.2) is 0 Å². The van der Waals surface area contributed by atoms with Crippen LogP contribution in [-0.2, 0) is 28.7 Å². The molecule has 0 heterocycles. The highest BCUT2D eigenvalue weighted by Crippen LogP contribution is 2.17. The molecule has 0 bridgehead atoms. The molecule has 2 atom stereocenters. The molecule has 366 valence electrons. The Morgan fingerprint density at radius 2 is 0.726 bits per heavy atom. The Morgan fingerprint density at radius 3 is 1.06 bits per heavy atom. The number of hydrogen-bond acceptors (Lipinski definition) is 7. The van der Waals surface area contributed by atoms with Crippen molar-refractivity contribution in [2.75, 3.05) is 18.1 Å². The molecule has 0 aliphatic rings. The number of amides is 1. The number of carbonyl (C=O) groups excluding carboxylic acids is 4. The van der Waals surface area contributed by atoms with Crippen molar-refractivity contribution in [2.45, 2.75) is 303 Å². The molecule has 0 rings (SSSR count). The Morgan fingerprint density at radius 1 is 0.419 bits per heavy atom. The summed E-state index contributed by atoms with van der Waals surface area (Å²) in [7, 11) is 0. The molecule has 0 saturated heterocycles. The van der Waals surface area contributed by atoms with Crippen LogP contribution in [0.15, 0.2) is 0 Å². The summed E-state index contributed by atoms with van der Waals surface area (Å²) in [4.78, 5) is 50.1. The van der Waals surface area contributed by atoms with Crippen molar-refractivity contribution >= 4 is 35.9 Å². The molecule has 0 aromatic heterocycles. The zero-order valence-corrected chi connectivity index (χ0v) is 42.2. The van der Waals surface area contributed by atoms with Gasteiger partial charge in [-0.3, -0.25) is 14.4 Å². The number of unbranched alkanes of at least 4 members (excludes halogenated alkanes) is 36. The molecule has 0 spiro atoms. The molecule has 7 nitrogen and oxygen atoms in total. The van der Waals surface area contributed by atoms with E-state index in [-0.39, 0.29) is 24.5 Å². The second-order valence-electron chi connectivity index (χ2n) is 18.6. The van der Waals surface area contributed by atoms with Crippen molar-refractivity contribution in [1.82, 2.24) is 5.32 Å². The second kappa shape index (κ2) is 50.4. The first-order valence-corrected chi connectivity index (χ1v) is 28.3. The van der Waals surface area contributed by atoms with E-state index in [1.807, 2.05) is 0 Å². The van der Waals surface area contributed by atoms with E-state index in [0.717, 1.165) is 64.1 Å². The number of aldehydes is 1. The minimum Gasteiger partial charge on any atom is -0.462 e. The van der Waals surface area contributed by atoms with Gasteiger partial charge in [-0.1, -0.05) is 252 Å². The van der Waals surface area contributed by atoms with Gasteiger partial charge < -0.3 is 19.6 Å². The van der Waals surface area contributed by atoms with Crippen LogP contribution in [0.25, 0.3) is 0 Å². The maximum Gasteiger partial charge on any atom is 0.306 e. The van der Waals surface area contributed by atoms with Crippen LogP contribution in [0.2, 0.25) is 0 Å². The third-order valence-electron chi connectivity index (χ3n) is 12.3. The Labute approximate surface area is 389 Å². The zero-order chi connectivity index (χ0) is 45.2. The van der Waals surface area contributed by atoms with E-state index in [4.69, 9.17) is 9.47 Å². The predicted molar refractivity (Wildman–Crippen MR) is 267 cm³/mol. The van der Waals surface area contributed by atoms with E-state index >= 15 is 0 Å². The highest BCUT2D eigenvalue weighted by atomic mass is 32.2. The first-order valence-electron chi connectivity index (χ1n) is 27.1. The van der Waals surface area contributed by atoms with Gasteiger partial charge >= 0.3 is 11.9 Å². The summed E-state index contributed by atoms with van der Waals surface area (Å²) in [6.45, 7) is 6.81. The normalized spacial score (nSPS) is 12.3. The summed E-state index contributed by atoms with van der Waals surface area (Å²) in [5, 5.41) is 2.88. The Balaban J connectivity index is 4.48. The predicted octanol–water partition coefficient (Wildman–Crippen LogP) is 16.3. The van der Waals surface area contributed by atoms with Crippen molar-refractivity contribution < 1.29 is 28.7 Å². The van der Waals surface area contributed by atoms with E-state index in [1.165, 1.54) is 204 Å². The standard InChI is InChI=1S/C54H103NO6S/c1-4-7-10-13-16-19-22-25-28-31-34-37-40-43-52(57)55-50(46-56)48-62-49-51(61-54(59)45-42-39-36-33-30-27-24-21-18-15-12-9-6-3)47-60-53(58)44-41-38-35-32-29-26-23-20-17-14-11-8-5-2/h46,50-51H,4-45,47-49H2,1-3H3,(H,55,57)/t50-,51?/m1/s1. The van der Waals surface area contributed by atoms with Gasteiger partial charge in [0, 0.05) is 30.8 Å². The van der Waals surface area contributed by atoms with Crippen LogP contribution in [-0.4, -0.2) is 54.4 Å². The first kappa shape index (κ1) is 60.4. The number of hydrogen-bond donors (Lipinski definition) is 1. The molecule has 0 aromatic carbocycles. The van der Waals surface area contributed by atoms with Gasteiger partial charge in [-0.05, 0) is 19.3 Å². The van der Waals surface area contributed by atoms with E-state index in [9.17, 15) is 19.2 Å². The summed E-state index contributed by atoms with van der Waals surface area (Å²) < 4.78 is 11.5. The summed E-state index contributed by atoms with van der Waals surface area (Å²) >= 11 is 1.45. The lowest BCUT2D eigenvalue weighted by Crippen LogP contribution is -2.38. The van der Waals surface area contributed by atoms with Gasteiger partial charge in [-0.15, -0.1) is 0 Å². The molecular weight excluding hydrogens is 791 g/mol. The van der Waals surface area contributed by atoms with Crippen LogP contribution in [0.4, 0.5) is 0 Å². The van der Waals surface area contributed by atoms with Gasteiger partial charge in [0.05, 0.1) is 6.04 Å². The lowest BCUT2D eigenvalue weighted by molar-refractivity contribution is -0.157. The summed E-state index contributed by atoms with van der Waals surface area (Å²) in [5.41, 5.74) is 0. The topological polar surface area (TPSA) is 98.8 Å². The number of ether oxygens (including phenoxy) is 2. The molecule has 1 amide bonds. The monoisotopic (exact) mass is 894 g/mol. The Hall–Kier alpha value is -1.57. The number of esters is 2. The van der Waals surface area contributed by atoms with Gasteiger partial charge in [0.25, 0.3) is 0 Å². The molecule has 1 unspecified atom stereocenters. The van der Waals surface area contributed by atoms with Crippen LogP contribution in [0.5, 0.6) is 0 Å². The van der Waals surface area contributed by atoms with Crippen LogP contribution in [0, 0.1) is 0 Å². The fraction of sp³-hybridized carbons (Fsp3) is 0.926. The van der Waals surface area contributed by atoms with Crippen LogP contribution < -0.4 is 5.32 Å². The molecule has 0 aliphatic heterocycles. The Bertz CT molecular complexity index is 979. The molecule has 0 aromatic rings. The SMILES string of the molecule is CCCCCCCCCCCCCCCC(=O)N[C@H](C=O)CSCC(COC(=O)CCCCCCCCCCCCCCC)OC(=O)CCCCCCCCCCCCCCC. The quantitative estimate of drug-likeness (QED) is 0.0369. The summed E-state index contributed by atoms with van der Waals surface area (Å²) in [6, 6.07) is -0.602. The summed E-state index contributed by atoms with van der Waals surface area (Å²) in [5.74, 6) is 0.183. The fourth-order valence-corrected chi connectivity index (χ4v) is 9.20. The molecule has 8 heteroatoms. The van der Waals surface area contributed by atoms with Crippen molar-refractivity contribution in [3.8, 4) is 0 Å². The molecule has 62 heavy (non-hydrogen) atoms. The van der Waals surface area contributed by atoms with Crippen LogP contribution >= 0.6 is 11.8 Å². The highest BCUT2D eigenvalue weighted by molar-refractivity contribution is 7.99. The van der Waals surface area contributed by atoms with E-state index in [2.05, 4.69) is 26.1 Å². The minimum absolute atomic E-state index is 0.0196. The molecule has 0 fully saturated rings. The van der Waals surface area contributed by atoms with E-state index in [1.54, 1.807) is 0 Å². The third kappa shape index (κ3) is 46.4. The lowest BCUT2D eigenvalue weighted by Gasteiger charge is -2.19. The molecule has 1 N–H and O–H groups in total. The number of nitrogens with one attached hydrogen (secondary N) is 1. The van der Waals surface area contributed by atoms with Gasteiger partial charge in [-0.2, -0.15) is 11.8 Å². The third-order valence-corrected chi connectivity index (χ3v) is 13.5. The largest absolute Gasteiger partial charge is 0.462 e. The second-order valence-corrected chi connectivity index (χ2v) is 19.7. The lowest BCUT2D eigenvalue weighted by atomic mass is 10.0. The van der Waals surface area contributed by atoms with E-state index < -0.39 is 12.1 Å². The number of thioether (sulfide) groups is 1. The smallest absolute Gasteiger partial charge is 0.306 e. The van der Waals surface area contributed by atoms with Gasteiger partial charge in [-0.25, -0.2) is 0 Å². The van der Waals surface area contributed by atoms with Crippen molar-refractivity contribution in [3.63, 3.8) is 0 Å². The summed E-state index contributed by atoms with van der Waals surface area (Å²) in [6.07, 6.45) is 50.2. The molecular formula is C54H103NO6S. The molecule has 0 saturated carbocycles. The Kier molecular flexibility index (Phi) is 49.2. The number of rotatable bonds is 51. The van der Waals surface area contributed by atoms with Crippen molar-refractivity contribution in [3.05, 3.63) is 0 Å². The van der Waals surface area contributed by atoms with E-state index in [0.29, 0.717) is 30.8 Å². The highest BCUT2D eigenvalue weighted by Gasteiger charge is 2.19. The average molecular weight is 894 g/mol. The van der Waals surface area contributed by atoms with Crippen molar-refractivity contribution in [1.29, 1.82) is 0 Å². The maximum absolute atomic E-state index is 12.9.